The minimum Gasteiger partial charge on any atom is -0.454 e. The van der Waals surface area contributed by atoms with Crippen molar-refractivity contribution in [2.75, 3.05) is 0 Å². The zero-order valence-corrected chi connectivity index (χ0v) is 14.0. The van der Waals surface area contributed by atoms with Crippen molar-refractivity contribution in [1.29, 1.82) is 0 Å². The molecule has 1 fully saturated rings. The van der Waals surface area contributed by atoms with Gasteiger partial charge in [-0.2, -0.15) is 4.39 Å². The van der Waals surface area contributed by atoms with Gasteiger partial charge in [0.15, 0.2) is 5.78 Å². The quantitative estimate of drug-likeness (QED) is 0.836. The number of hydrogen-bond donors (Lipinski definition) is 1. The van der Waals surface area contributed by atoms with Crippen LogP contribution in [0.5, 0.6) is 5.75 Å². The van der Waals surface area contributed by atoms with Crippen LogP contribution in [0.1, 0.15) is 43.4 Å². The van der Waals surface area contributed by atoms with Gasteiger partial charge in [-0.25, -0.2) is 8.78 Å². The minimum absolute atomic E-state index is 0.0500. The molecule has 1 aliphatic rings. The zero-order chi connectivity index (χ0) is 18.2. The molecule has 1 aromatic rings. The molecular formula is C17H20F3NO3. The van der Waals surface area contributed by atoms with Crippen LogP contribution < -0.4 is 10.1 Å². The van der Waals surface area contributed by atoms with Gasteiger partial charge in [0.1, 0.15) is 11.7 Å². The molecule has 0 bridgehead atoms. The molecule has 0 radical (unpaired) electrons. The predicted molar refractivity (Wildman–Crippen MR) is 82.1 cm³/mol. The maximum absolute atomic E-state index is 13.1. The molecule has 0 aromatic heterocycles. The smallest absolute Gasteiger partial charge is 0.304 e. The molecule has 0 spiro atoms. The number of benzene rings is 1. The number of ether oxygens (including phenoxy) is 1. The molecule has 2 rings (SSSR count). The minimum atomic E-state index is -3.25. The van der Waals surface area contributed by atoms with Gasteiger partial charge in [0.05, 0.1) is 5.54 Å². The number of amides is 1. The Bertz CT molecular complexity index is 673. The summed E-state index contributed by atoms with van der Waals surface area (Å²) in [5, 5.41) is 2.65. The van der Waals surface area contributed by atoms with Crippen LogP contribution in [0.3, 0.4) is 0 Å². The van der Waals surface area contributed by atoms with E-state index in [1.807, 2.05) is 0 Å². The second-order valence-electron chi connectivity index (χ2n) is 6.38. The summed E-state index contributed by atoms with van der Waals surface area (Å²) in [5.41, 5.74) is 0.689. The molecule has 1 aliphatic heterocycles. The molecule has 24 heavy (non-hydrogen) atoms. The standard InChI is InChI=1S/C17H20F3NO3/c1-5-9-7-10(24-15(20)14(18)19)6-8(2)11(9)12-13(22)17(3,4)21-16(12)23/h6-7,12,14-15H,5H2,1-4H3,(H,21,23). The number of ketones is 1. The summed E-state index contributed by atoms with van der Waals surface area (Å²) in [6, 6.07) is 2.78. The SMILES string of the molecule is CCc1cc(OC(F)C(F)F)cc(C)c1C1C(=O)NC(C)(C)C1=O. The van der Waals surface area contributed by atoms with Crippen LogP contribution in [-0.2, 0) is 16.0 Å². The van der Waals surface area contributed by atoms with E-state index in [4.69, 9.17) is 0 Å². The number of carbonyl (C=O) groups excluding carboxylic acids is 2. The fourth-order valence-corrected chi connectivity index (χ4v) is 2.97. The monoisotopic (exact) mass is 343 g/mol. The Morgan fingerprint density at radius 1 is 1.25 bits per heavy atom. The highest BCUT2D eigenvalue weighted by Crippen LogP contribution is 2.36. The second kappa shape index (κ2) is 6.45. The Morgan fingerprint density at radius 2 is 1.88 bits per heavy atom. The van der Waals surface area contributed by atoms with Gasteiger partial charge < -0.3 is 10.1 Å². The first-order valence-corrected chi connectivity index (χ1v) is 7.67. The number of rotatable bonds is 5. The molecule has 1 aromatic carbocycles. The normalized spacial score (nSPS) is 21.1. The van der Waals surface area contributed by atoms with Crippen LogP contribution in [-0.4, -0.2) is 30.0 Å². The predicted octanol–water partition coefficient (Wildman–Crippen LogP) is 3.06. The molecule has 7 heteroatoms. The van der Waals surface area contributed by atoms with Crippen molar-refractivity contribution in [2.45, 2.75) is 58.4 Å². The number of carbonyl (C=O) groups is 2. The molecule has 2 unspecified atom stereocenters. The highest BCUT2D eigenvalue weighted by Gasteiger charge is 2.48. The number of aryl methyl sites for hydroxylation is 2. The second-order valence-corrected chi connectivity index (χ2v) is 6.38. The summed E-state index contributed by atoms with van der Waals surface area (Å²) in [6.07, 6.45) is -5.54. The van der Waals surface area contributed by atoms with Gasteiger partial charge in [-0.05, 0) is 56.0 Å². The highest BCUT2D eigenvalue weighted by atomic mass is 19.3. The van der Waals surface area contributed by atoms with Crippen molar-refractivity contribution in [3.8, 4) is 5.75 Å². The lowest BCUT2D eigenvalue weighted by atomic mass is 9.83. The maximum Gasteiger partial charge on any atom is 0.304 e. The Kier molecular flexibility index (Phi) is 4.92. The number of alkyl halides is 3. The van der Waals surface area contributed by atoms with E-state index in [9.17, 15) is 22.8 Å². The summed E-state index contributed by atoms with van der Waals surface area (Å²) >= 11 is 0. The number of hydrogen-bond acceptors (Lipinski definition) is 3. The highest BCUT2D eigenvalue weighted by molar-refractivity contribution is 6.17. The van der Waals surface area contributed by atoms with E-state index in [1.54, 1.807) is 27.7 Å². The van der Waals surface area contributed by atoms with Gasteiger partial charge in [-0.1, -0.05) is 6.92 Å². The molecule has 1 saturated heterocycles. The van der Waals surface area contributed by atoms with E-state index in [1.165, 1.54) is 12.1 Å². The van der Waals surface area contributed by atoms with Gasteiger partial charge in [0, 0.05) is 0 Å². The summed E-state index contributed by atoms with van der Waals surface area (Å²) in [4.78, 5) is 24.8. The average molecular weight is 343 g/mol. The van der Waals surface area contributed by atoms with Gasteiger partial charge in [0.25, 0.3) is 6.36 Å². The molecule has 0 saturated carbocycles. The fourth-order valence-electron chi connectivity index (χ4n) is 2.97. The summed E-state index contributed by atoms with van der Waals surface area (Å²) < 4.78 is 42.3. The third kappa shape index (κ3) is 3.25. The molecular weight excluding hydrogens is 323 g/mol. The van der Waals surface area contributed by atoms with E-state index in [2.05, 4.69) is 10.1 Å². The van der Waals surface area contributed by atoms with Crippen LogP contribution in [0, 0.1) is 6.92 Å². The number of nitrogens with one attached hydrogen (secondary N) is 1. The van der Waals surface area contributed by atoms with Crippen molar-refractivity contribution in [1.82, 2.24) is 5.32 Å². The van der Waals surface area contributed by atoms with E-state index in [0.717, 1.165) is 0 Å². The Hall–Kier alpha value is -2.05. The number of Topliss-reactive ketones (excluding diaryl/α,β-unsaturated/α-hetero) is 1. The first kappa shape index (κ1) is 18.3. The molecule has 132 valence electrons. The molecule has 1 amide bonds. The van der Waals surface area contributed by atoms with Crippen LogP contribution >= 0.6 is 0 Å². The Balaban J connectivity index is 2.45. The molecule has 4 nitrogen and oxygen atoms in total. The van der Waals surface area contributed by atoms with E-state index in [0.29, 0.717) is 23.1 Å². The van der Waals surface area contributed by atoms with Gasteiger partial charge in [-0.15, -0.1) is 0 Å². The van der Waals surface area contributed by atoms with Crippen LogP contribution in [0.2, 0.25) is 0 Å². The van der Waals surface area contributed by atoms with Crippen molar-refractivity contribution in [3.05, 3.63) is 28.8 Å². The lowest BCUT2D eigenvalue weighted by Gasteiger charge is -2.19. The molecule has 0 aliphatic carbocycles. The molecule has 1 N–H and O–H groups in total. The maximum atomic E-state index is 13.1. The van der Waals surface area contributed by atoms with Crippen molar-refractivity contribution < 1.29 is 27.5 Å². The largest absolute Gasteiger partial charge is 0.454 e. The van der Waals surface area contributed by atoms with Gasteiger partial charge >= 0.3 is 6.43 Å². The molecule has 1 heterocycles. The first-order valence-electron chi connectivity index (χ1n) is 7.67. The van der Waals surface area contributed by atoms with E-state index < -0.39 is 30.1 Å². The van der Waals surface area contributed by atoms with Gasteiger partial charge in [-0.3, -0.25) is 9.59 Å². The summed E-state index contributed by atoms with van der Waals surface area (Å²) in [7, 11) is 0. The Morgan fingerprint density at radius 3 is 2.33 bits per heavy atom. The van der Waals surface area contributed by atoms with Crippen molar-refractivity contribution in [3.63, 3.8) is 0 Å². The third-order valence-corrected chi connectivity index (χ3v) is 4.14. The lowest BCUT2D eigenvalue weighted by molar-refractivity contribution is -0.125. The van der Waals surface area contributed by atoms with Crippen molar-refractivity contribution >= 4 is 11.7 Å². The average Bonchev–Trinajstić information content (AvgIpc) is 2.67. The first-order chi connectivity index (χ1) is 11.1. The lowest BCUT2D eigenvalue weighted by Crippen LogP contribution is -2.39. The number of halogens is 3. The Labute approximate surface area is 138 Å². The van der Waals surface area contributed by atoms with Crippen LogP contribution in [0.25, 0.3) is 0 Å². The molecule has 2 atom stereocenters. The summed E-state index contributed by atoms with van der Waals surface area (Å²) in [5.74, 6) is -1.66. The topological polar surface area (TPSA) is 55.4 Å². The zero-order valence-electron chi connectivity index (χ0n) is 14.0. The van der Waals surface area contributed by atoms with Crippen LogP contribution in [0.4, 0.5) is 13.2 Å². The van der Waals surface area contributed by atoms with Crippen LogP contribution in [0.15, 0.2) is 12.1 Å². The summed E-state index contributed by atoms with van der Waals surface area (Å²) in [6.45, 7) is 6.69. The van der Waals surface area contributed by atoms with E-state index >= 15 is 0 Å². The van der Waals surface area contributed by atoms with E-state index in [-0.39, 0.29) is 11.5 Å². The van der Waals surface area contributed by atoms with Gasteiger partial charge in [0.2, 0.25) is 5.91 Å². The fraction of sp³-hybridized carbons (Fsp3) is 0.529. The third-order valence-electron chi connectivity index (χ3n) is 4.14. The van der Waals surface area contributed by atoms with Crippen molar-refractivity contribution in [2.24, 2.45) is 0 Å².